The second-order valence-electron chi connectivity index (χ2n) is 11.3. The molecule has 0 fully saturated rings. The van der Waals surface area contributed by atoms with E-state index in [0.29, 0.717) is 5.82 Å². The first-order valence-electron chi connectivity index (χ1n) is 14.9. The summed E-state index contributed by atoms with van der Waals surface area (Å²) in [5.41, 5.74) is 11.6. The molecular formula is C41H26N2O. The van der Waals surface area contributed by atoms with Gasteiger partial charge in [0.1, 0.15) is 11.5 Å². The molecule has 3 heteroatoms. The lowest BCUT2D eigenvalue weighted by molar-refractivity contribution is 0.436. The molecule has 0 saturated carbocycles. The summed E-state index contributed by atoms with van der Waals surface area (Å²) in [6, 6.07) is 55.2. The lowest BCUT2D eigenvalue weighted by atomic mass is 9.66. The van der Waals surface area contributed by atoms with Gasteiger partial charge < -0.3 is 4.74 Å². The zero-order valence-electron chi connectivity index (χ0n) is 23.8. The fraction of sp³-hybridized carbons (Fsp3) is 0.0244. The van der Waals surface area contributed by atoms with Crippen molar-refractivity contribution in [3.8, 4) is 56.5 Å². The fourth-order valence-corrected chi connectivity index (χ4v) is 7.08. The van der Waals surface area contributed by atoms with Crippen molar-refractivity contribution in [2.75, 3.05) is 0 Å². The summed E-state index contributed by atoms with van der Waals surface area (Å²) in [5, 5.41) is 0. The second kappa shape index (κ2) is 9.62. The van der Waals surface area contributed by atoms with E-state index in [1.807, 2.05) is 24.3 Å². The van der Waals surface area contributed by atoms with E-state index in [9.17, 15) is 0 Å². The number of hydrogen-bond donors (Lipinski definition) is 0. The van der Waals surface area contributed by atoms with Crippen LogP contribution in [-0.2, 0) is 5.41 Å². The zero-order valence-corrected chi connectivity index (χ0v) is 23.8. The lowest BCUT2D eigenvalue weighted by Gasteiger charge is -2.39. The maximum Gasteiger partial charge on any atom is 0.160 e. The van der Waals surface area contributed by atoms with E-state index in [1.165, 1.54) is 22.3 Å². The Balaban J connectivity index is 1.33. The number of rotatable bonds is 3. The molecule has 1 spiro atoms. The molecule has 0 saturated heterocycles. The van der Waals surface area contributed by atoms with Gasteiger partial charge in [-0.15, -0.1) is 0 Å². The van der Waals surface area contributed by atoms with Crippen LogP contribution in [0.15, 0.2) is 158 Å². The van der Waals surface area contributed by atoms with Gasteiger partial charge in [0.25, 0.3) is 0 Å². The molecule has 1 aromatic heterocycles. The van der Waals surface area contributed by atoms with Crippen LogP contribution in [0.25, 0.3) is 45.0 Å². The Morgan fingerprint density at radius 2 is 0.886 bits per heavy atom. The zero-order chi connectivity index (χ0) is 29.1. The number of nitrogens with zero attached hydrogens (tertiary/aromatic N) is 2. The van der Waals surface area contributed by atoms with Gasteiger partial charge in [-0.3, -0.25) is 0 Å². The highest BCUT2D eigenvalue weighted by Crippen LogP contribution is 2.62. The van der Waals surface area contributed by atoms with Gasteiger partial charge in [-0.05, 0) is 46.5 Å². The van der Waals surface area contributed by atoms with Crippen LogP contribution < -0.4 is 4.74 Å². The molecule has 0 amide bonds. The number of benzene rings is 6. The highest BCUT2D eigenvalue weighted by atomic mass is 16.5. The normalized spacial score (nSPS) is 13.4. The molecule has 3 nitrogen and oxygen atoms in total. The van der Waals surface area contributed by atoms with Crippen LogP contribution in [0.4, 0.5) is 0 Å². The van der Waals surface area contributed by atoms with Gasteiger partial charge in [-0.2, -0.15) is 0 Å². The van der Waals surface area contributed by atoms with Crippen molar-refractivity contribution in [1.29, 1.82) is 0 Å². The molecule has 0 radical (unpaired) electrons. The van der Waals surface area contributed by atoms with E-state index < -0.39 is 5.41 Å². The summed E-state index contributed by atoms with van der Waals surface area (Å²) in [5.74, 6) is 2.47. The average Bonchev–Trinajstić information content (AvgIpc) is 3.39. The van der Waals surface area contributed by atoms with Gasteiger partial charge in [0, 0.05) is 27.8 Å². The molecule has 44 heavy (non-hydrogen) atoms. The Hall–Kier alpha value is -5.80. The monoisotopic (exact) mass is 562 g/mol. The van der Waals surface area contributed by atoms with Crippen LogP contribution in [-0.4, -0.2) is 9.97 Å². The van der Waals surface area contributed by atoms with Gasteiger partial charge in [-0.25, -0.2) is 9.97 Å². The van der Waals surface area contributed by atoms with E-state index >= 15 is 0 Å². The summed E-state index contributed by atoms with van der Waals surface area (Å²) in [4.78, 5) is 10.3. The summed E-state index contributed by atoms with van der Waals surface area (Å²) in [6.07, 6.45) is 0. The van der Waals surface area contributed by atoms with Crippen molar-refractivity contribution >= 4 is 0 Å². The molecule has 7 aromatic rings. The summed E-state index contributed by atoms with van der Waals surface area (Å²) in [6.45, 7) is 0. The standard InChI is InChI=1S/C41H26N2O/c1-3-13-27(14-4-1)36-26-37(28-15-5-2-6-16-28)43-40(42-36)29-23-24-31-30-17-7-8-18-32(30)41(35(31)25-29)33-19-9-11-21-38(33)44-39-22-12-10-20-34(39)41/h1-26H. The number of fused-ring (bicyclic) bond motifs is 9. The van der Waals surface area contributed by atoms with Crippen molar-refractivity contribution in [1.82, 2.24) is 9.97 Å². The molecule has 2 aliphatic rings. The first-order valence-corrected chi connectivity index (χ1v) is 14.9. The molecule has 0 bridgehead atoms. The van der Waals surface area contributed by atoms with Gasteiger partial charge in [0.05, 0.1) is 16.8 Å². The minimum absolute atomic E-state index is 0.535. The summed E-state index contributed by atoms with van der Waals surface area (Å²) >= 11 is 0. The van der Waals surface area contributed by atoms with E-state index in [1.54, 1.807) is 0 Å². The Morgan fingerprint density at radius 3 is 1.50 bits per heavy atom. The van der Waals surface area contributed by atoms with Crippen molar-refractivity contribution in [2.45, 2.75) is 5.41 Å². The highest BCUT2D eigenvalue weighted by molar-refractivity contribution is 5.90. The molecule has 2 heterocycles. The average molecular weight is 563 g/mol. The van der Waals surface area contributed by atoms with E-state index in [0.717, 1.165) is 50.7 Å². The third-order valence-electron chi connectivity index (χ3n) is 8.97. The molecule has 1 aliphatic heterocycles. The molecule has 9 rings (SSSR count). The Bertz CT molecular complexity index is 2100. The topological polar surface area (TPSA) is 35.0 Å². The van der Waals surface area contributed by atoms with Crippen molar-refractivity contribution in [3.63, 3.8) is 0 Å². The van der Waals surface area contributed by atoms with Gasteiger partial charge in [-0.1, -0.05) is 133 Å². The SMILES string of the molecule is c1ccc(-c2cc(-c3ccccc3)nc(-c3ccc4c(c3)C3(c5ccccc5Oc5ccccc53)c3ccccc3-4)n2)cc1. The summed E-state index contributed by atoms with van der Waals surface area (Å²) in [7, 11) is 0. The van der Waals surface area contributed by atoms with Crippen molar-refractivity contribution in [3.05, 3.63) is 180 Å². The predicted octanol–water partition coefficient (Wildman–Crippen LogP) is 9.95. The van der Waals surface area contributed by atoms with E-state index in [-0.39, 0.29) is 0 Å². The molecule has 0 unspecified atom stereocenters. The second-order valence-corrected chi connectivity index (χ2v) is 11.3. The minimum Gasteiger partial charge on any atom is -0.457 e. The Morgan fingerprint density at radius 1 is 0.386 bits per heavy atom. The highest BCUT2D eigenvalue weighted by Gasteiger charge is 2.51. The van der Waals surface area contributed by atoms with Crippen LogP contribution in [0, 0.1) is 0 Å². The maximum absolute atomic E-state index is 6.51. The molecule has 0 N–H and O–H groups in total. The third-order valence-corrected chi connectivity index (χ3v) is 8.97. The van der Waals surface area contributed by atoms with Crippen LogP contribution in [0.3, 0.4) is 0 Å². The molecule has 0 atom stereocenters. The smallest absolute Gasteiger partial charge is 0.160 e. The number of aromatic nitrogens is 2. The number of para-hydroxylation sites is 2. The molecule has 1 aliphatic carbocycles. The maximum atomic E-state index is 6.51. The Kier molecular flexibility index (Phi) is 5.41. The summed E-state index contributed by atoms with van der Waals surface area (Å²) < 4.78 is 6.51. The third kappa shape index (κ3) is 3.56. The largest absolute Gasteiger partial charge is 0.457 e. The first kappa shape index (κ1) is 24.8. The Labute approximate surface area is 256 Å². The van der Waals surface area contributed by atoms with Crippen molar-refractivity contribution < 1.29 is 4.74 Å². The van der Waals surface area contributed by atoms with Crippen LogP contribution in [0.2, 0.25) is 0 Å². The molecular weight excluding hydrogens is 536 g/mol. The quantitative estimate of drug-likeness (QED) is 0.215. The fourth-order valence-electron chi connectivity index (χ4n) is 7.08. The van der Waals surface area contributed by atoms with Gasteiger partial charge >= 0.3 is 0 Å². The number of hydrogen-bond acceptors (Lipinski definition) is 3. The van der Waals surface area contributed by atoms with Crippen LogP contribution in [0.5, 0.6) is 11.5 Å². The van der Waals surface area contributed by atoms with Crippen LogP contribution in [0.1, 0.15) is 22.3 Å². The van der Waals surface area contributed by atoms with Crippen LogP contribution >= 0.6 is 0 Å². The minimum atomic E-state index is -0.535. The predicted molar refractivity (Wildman–Crippen MR) is 176 cm³/mol. The van der Waals surface area contributed by atoms with E-state index in [2.05, 4.69) is 133 Å². The van der Waals surface area contributed by atoms with Crippen molar-refractivity contribution in [2.24, 2.45) is 0 Å². The lowest BCUT2D eigenvalue weighted by Crippen LogP contribution is -2.32. The molecule has 6 aromatic carbocycles. The number of ether oxygens (including phenoxy) is 1. The van der Waals surface area contributed by atoms with Gasteiger partial charge in [0.15, 0.2) is 5.82 Å². The first-order chi connectivity index (χ1) is 21.8. The molecule has 206 valence electrons. The van der Waals surface area contributed by atoms with Gasteiger partial charge in [0.2, 0.25) is 0 Å². The van der Waals surface area contributed by atoms with E-state index in [4.69, 9.17) is 14.7 Å².